The largest absolute Gasteiger partial charge is 0.416 e. The van der Waals surface area contributed by atoms with E-state index in [9.17, 15) is 18.0 Å². The number of aromatic nitrogens is 1. The minimum absolute atomic E-state index is 0.0448. The Morgan fingerprint density at radius 3 is 2.39 bits per heavy atom. The third-order valence-corrected chi connectivity index (χ3v) is 7.40. The zero-order chi connectivity index (χ0) is 29.4. The van der Waals surface area contributed by atoms with Crippen molar-refractivity contribution in [1.29, 1.82) is 0 Å². The number of amides is 1. The van der Waals surface area contributed by atoms with Gasteiger partial charge in [0.1, 0.15) is 0 Å². The lowest BCUT2D eigenvalue weighted by Crippen LogP contribution is -2.49. The zero-order valence-electron chi connectivity index (χ0n) is 23.7. The van der Waals surface area contributed by atoms with Gasteiger partial charge in [0.15, 0.2) is 0 Å². The lowest BCUT2D eigenvalue weighted by atomic mass is 10.0. The molecular formula is C32H37F3N4O2. The third-order valence-electron chi connectivity index (χ3n) is 7.40. The molecule has 1 unspecified atom stereocenters. The molecule has 41 heavy (non-hydrogen) atoms. The van der Waals surface area contributed by atoms with Gasteiger partial charge in [-0.15, -0.1) is 0 Å². The first kappa shape index (κ1) is 30.3. The van der Waals surface area contributed by atoms with Crippen LogP contribution in [-0.4, -0.2) is 59.6 Å². The maximum atomic E-state index is 13.5. The molecule has 4 rings (SSSR count). The number of aryl methyl sites for hydroxylation is 1. The average Bonchev–Trinajstić information content (AvgIpc) is 2.95. The van der Waals surface area contributed by atoms with Crippen LogP contribution < -0.4 is 5.32 Å². The van der Waals surface area contributed by atoms with E-state index in [1.807, 2.05) is 48.2 Å². The molecule has 1 amide bonds. The molecule has 1 aromatic heterocycles. The smallest absolute Gasteiger partial charge is 0.383 e. The molecule has 0 saturated carbocycles. The monoisotopic (exact) mass is 566 g/mol. The zero-order valence-corrected chi connectivity index (χ0v) is 23.7. The SMILES string of the molecule is COCC(C)N1CCC(N(Cc2ccc(Nc3ccnc(C)c3)cc2)C(=O)C=Cc2ccc(C(F)(F)F)cc2)CC1. The number of carbonyl (C=O) groups is 1. The van der Waals surface area contributed by atoms with Crippen LogP contribution in [0.3, 0.4) is 0 Å². The lowest BCUT2D eigenvalue weighted by molar-refractivity contribution is -0.137. The minimum Gasteiger partial charge on any atom is -0.383 e. The number of nitrogens with one attached hydrogen (secondary N) is 1. The summed E-state index contributed by atoms with van der Waals surface area (Å²) in [6, 6.07) is 17.0. The second-order valence-electron chi connectivity index (χ2n) is 10.5. The molecule has 9 heteroatoms. The Morgan fingerprint density at radius 2 is 1.78 bits per heavy atom. The van der Waals surface area contributed by atoms with Crippen molar-refractivity contribution in [3.05, 3.63) is 95.3 Å². The van der Waals surface area contributed by atoms with E-state index in [1.54, 1.807) is 19.4 Å². The number of benzene rings is 2. The second kappa shape index (κ2) is 13.8. The number of likely N-dealkylation sites (tertiary alicyclic amines) is 1. The van der Waals surface area contributed by atoms with Gasteiger partial charge in [0, 0.05) is 68.2 Å². The Kier molecular flexibility index (Phi) is 10.2. The molecule has 0 spiro atoms. The summed E-state index contributed by atoms with van der Waals surface area (Å²) in [6.45, 7) is 6.88. The van der Waals surface area contributed by atoms with E-state index in [2.05, 4.69) is 22.1 Å². The van der Waals surface area contributed by atoms with Gasteiger partial charge < -0.3 is 15.0 Å². The summed E-state index contributed by atoms with van der Waals surface area (Å²) in [5.41, 5.74) is 3.62. The van der Waals surface area contributed by atoms with Crippen LogP contribution in [0.15, 0.2) is 72.9 Å². The van der Waals surface area contributed by atoms with Gasteiger partial charge in [-0.2, -0.15) is 13.2 Å². The Labute approximate surface area is 239 Å². The molecule has 2 heterocycles. The molecule has 0 bridgehead atoms. The van der Waals surface area contributed by atoms with E-state index < -0.39 is 11.7 Å². The van der Waals surface area contributed by atoms with Crippen LogP contribution in [0.5, 0.6) is 0 Å². The molecule has 1 saturated heterocycles. The van der Waals surface area contributed by atoms with Crippen LogP contribution >= 0.6 is 0 Å². The standard InChI is InChI=1S/C32H37F3N4O2/c1-23-20-29(14-17-36-23)37-28-11-6-26(7-12-28)21-39(30-15-18-38(19-16-30)24(2)22-41-3)31(40)13-8-25-4-9-27(10-5-25)32(33,34)35/h4-14,17,20,24,30H,15-16,18-19,21-22H2,1-3H3,(H,36,37). The van der Waals surface area contributed by atoms with Crippen LogP contribution in [0.4, 0.5) is 24.5 Å². The van der Waals surface area contributed by atoms with E-state index in [1.165, 1.54) is 18.2 Å². The van der Waals surface area contributed by atoms with Crippen molar-refractivity contribution in [3.8, 4) is 0 Å². The van der Waals surface area contributed by atoms with Crippen LogP contribution in [0.2, 0.25) is 0 Å². The van der Waals surface area contributed by atoms with Gasteiger partial charge in [-0.05, 0) is 80.3 Å². The number of halogens is 3. The molecular weight excluding hydrogens is 529 g/mol. The number of pyridine rings is 1. The number of carbonyl (C=O) groups excluding carboxylic acids is 1. The molecule has 1 atom stereocenters. The second-order valence-corrected chi connectivity index (χ2v) is 10.5. The van der Waals surface area contributed by atoms with Crippen molar-refractivity contribution in [1.82, 2.24) is 14.8 Å². The fourth-order valence-corrected chi connectivity index (χ4v) is 5.10. The quantitative estimate of drug-likeness (QED) is 0.277. The molecule has 1 fully saturated rings. The summed E-state index contributed by atoms with van der Waals surface area (Å²) in [4.78, 5) is 22.0. The fourth-order valence-electron chi connectivity index (χ4n) is 5.10. The van der Waals surface area contributed by atoms with E-state index in [-0.39, 0.29) is 11.9 Å². The molecule has 3 aromatic rings. The van der Waals surface area contributed by atoms with Crippen molar-refractivity contribution < 1.29 is 22.7 Å². The maximum absolute atomic E-state index is 13.5. The van der Waals surface area contributed by atoms with Gasteiger partial charge >= 0.3 is 6.18 Å². The van der Waals surface area contributed by atoms with E-state index >= 15 is 0 Å². The Balaban J connectivity index is 1.48. The van der Waals surface area contributed by atoms with Gasteiger partial charge in [0.05, 0.1) is 12.2 Å². The number of alkyl halides is 3. The first-order valence-electron chi connectivity index (χ1n) is 13.8. The molecule has 1 aliphatic rings. The molecule has 0 aliphatic carbocycles. The third kappa shape index (κ3) is 8.65. The van der Waals surface area contributed by atoms with Crippen molar-refractivity contribution >= 4 is 23.4 Å². The van der Waals surface area contributed by atoms with Crippen molar-refractivity contribution in [2.75, 3.05) is 32.1 Å². The molecule has 1 aliphatic heterocycles. The first-order valence-corrected chi connectivity index (χ1v) is 13.8. The minimum atomic E-state index is -4.40. The molecule has 2 aromatic carbocycles. The fraction of sp³-hybridized carbons (Fsp3) is 0.375. The van der Waals surface area contributed by atoms with Crippen molar-refractivity contribution in [2.45, 2.75) is 51.5 Å². The predicted molar refractivity (Wildman–Crippen MR) is 156 cm³/mol. The highest BCUT2D eigenvalue weighted by Crippen LogP contribution is 2.29. The van der Waals surface area contributed by atoms with Crippen LogP contribution in [0.25, 0.3) is 6.08 Å². The summed E-state index contributed by atoms with van der Waals surface area (Å²) in [5, 5.41) is 3.37. The summed E-state index contributed by atoms with van der Waals surface area (Å²) in [7, 11) is 1.70. The van der Waals surface area contributed by atoms with Crippen molar-refractivity contribution in [2.24, 2.45) is 0 Å². The summed E-state index contributed by atoms with van der Waals surface area (Å²) in [6.07, 6.45) is 2.06. The van der Waals surface area contributed by atoms with Gasteiger partial charge in [-0.3, -0.25) is 14.7 Å². The van der Waals surface area contributed by atoms with Crippen LogP contribution in [0, 0.1) is 6.92 Å². The van der Waals surface area contributed by atoms with Gasteiger partial charge in [0.25, 0.3) is 0 Å². The number of rotatable bonds is 10. The normalized spacial score (nSPS) is 15.7. The molecule has 1 N–H and O–H groups in total. The van der Waals surface area contributed by atoms with Crippen LogP contribution in [0.1, 0.15) is 42.1 Å². The Morgan fingerprint density at radius 1 is 1.10 bits per heavy atom. The first-order chi connectivity index (χ1) is 19.6. The van der Waals surface area contributed by atoms with Crippen LogP contribution in [-0.2, 0) is 22.3 Å². The average molecular weight is 567 g/mol. The van der Waals surface area contributed by atoms with Crippen molar-refractivity contribution in [3.63, 3.8) is 0 Å². The highest BCUT2D eigenvalue weighted by atomic mass is 19.4. The maximum Gasteiger partial charge on any atom is 0.416 e. The Hall–Kier alpha value is -3.69. The number of nitrogens with zero attached hydrogens (tertiary/aromatic N) is 3. The topological polar surface area (TPSA) is 57.7 Å². The number of anilines is 2. The summed E-state index contributed by atoms with van der Waals surface area (Å²) < 4.78 is 44.1. The van der Waals surface area contributed by atoms with Gasteiger partial charge in [0.2, 0.25) is 5.91 Å². The predicted octanol–water partition coefficient (Wildman–Crippen LogP) is 6.69. The van der Waals surface area contributed by atoms with E-state index in [4.69, 9.17) is 4.74 Å². The summed E-state index contributed by atoms with van der Waals surface area (Å²) in [5.74, 6) is -0.164. The number of piperidine rings is 1. The molecule has 0 radical (unpaired) electrons. The molecule has 218 valence electrons. The molecule has 6 nitrogen and oxygen atoms in total. The van der Waals surface area contributed by atoms with E-state index in [0.29, 0.717) is 24.8 Å². The number of hydrogen-bond donors (Lipinski definition) is 1. The number of ether oxygens (including phenoxy) is 1. The highest BCUT2D eigenvalue weighted by Gasteiger charge is 2.30. The van der Waals surface area contributed by atoms with Gasteiger partial charge in [-0.25, -0.2) is 0 Å². The highest BCUT2D eigenvalue weighted by molar-refractivity contribution is 5.92. The number of hydrogen-bond acceptors (Lipinski definition) is 5. The number of methoxy groups -OCH3 is 1. The van der Waals surface area contributed by atoms with Gasteiger partial charge in [-0.1, -0.05) is 24.3 Å². The van der Waals surface area contributed by atoms with E-state index in [0.717, 1.165) is 60.7 Å². The summed E-state index contributed by atoms with van der Waals surface area (Å²) >= 11 is 0. The lowest BCUT2D eigenvalue weighted by Gasteiger charge is -2.40. The Bertz CT molecular complexity index is 1300.